The predicted octanol–water partition coefficient (Wildman–Crippen LogP) is 0.393. The van der Waals surface area contributed by atoms with E-state index in [0.29, 0.717) is 0 Å². The third-order valence-electron chi connectivity index (χ3n) is 0.0645. The molecule has 0 heterocycles. The van der Waals surface area contributed by atoms with Crippen molar-refractivity contribution in [3.8, 4) is 31.3 Å². The molecule has 0 saturated carbocycles. The number of terminal acetylenes is 2. The Bertz CT molecular complexity index is 85.3. The van der Waals surface area contributed by atoms with Crippen LogP contribution in [0.2, 0.25) is 0 Å². The SMILES string of the molecule is C#C.C#CC#N. The summed E-state index contributed by atoms with van der Waals surface area (Å²) >= 11 is 0. The van der Waals surface area contributed by atoms with Crippen molar-refractivity contribution in [2.24, 2.45) is 0 Å². The molecule has 0 radical (unpaired) electrons. The van der Waals surface area contributed by atoms with Gasteiger partial charge in [-0.3, -0.25) is 0 Å². The molecule has 0 bridgehead atoms. The van der Waals surface area contributed by atoms with Crippen LogP contribution in [0, 0.1) is 36.5 Å². The predicted molar refractivity (Wildman–Crippen MR) is 24.3 cm³/mol. The summed E-state index contributed by atoms with van der Waals surface area (Å²) in [5.74, 6) is 1.74. The third kappa shape index (κ3) is 44.5. The normalized spacial score (nSPS) is 2.00. The Balaban J connectivity index is 0. The molecule has 0 unspecified atom stereocenters. The van der Waals surface area contributed by atoms with Gasteiger partial charge < -0.3 is 0 Å². The highest BCUT2D eigenvalue weighted by molar-refractivity contribution is 5.08. The average Bonchev–Trinajstić information content (AvgIpc) is 1.72. The molecule has 0 aliphatic rings. The maximum atomic E-state index is 7.39. The quantitative estimate of drug-likeness (QED) is 0.384. The molecule has 0 spiro atoms. The summed E-state index contributed by atoms with van der Waals surface area (Å²) in [5.41, 5.74) is 0. The molecule has 28 valence electrons. The molecule has 0 aliphatic heterocycles. The van der Waals surface area contributed by atoms with Crippen molar-refractivity contribution in [3.63, 3.8) is 0 Å². The second-order valence-electron chi connectivity index (χ2n) is 0.256. The van der Waals surface area contributed by atoms with E-state index in [1.54, 1.807) is 5.92 Å². The van der Waals surface area contributed by atoms with Crippen LogP contribution in [0.25, 0.3) is 0 Å². The van der Waals surface area contributed by atoms with Gasteiger partial charge in [0.1, 0.15) is 0 Å². The average molecular weight is 77.1 g/mol. The summed E-state index contributed by atoms with van der Waals surface area (Å²) in [5, 5.41) is 7.39. The Morgan fingerprint density at radius 1 is 1.33 bits per heavy atom. The van der Waals surface area contributed by atoms with Gasteiger partial charge in [-0.25, -0.2) is 0 Å². The smallest absolute Gasteiger partial charge is 0.152 e. The second-order valence-corrected chi connectivity index (χ2v) is 0.256. The van der Waals surface area contributed by atoms with Crippen LogP contribution in [0.4, 0.5) is 0 Å². The lowest BCUT2D eigenvalue weighted by molar-refractivity contribution is 1.55. The zero-order valence-corrected chi connectivity index (χ0v) is 3.18. The molecule has 0 saturated heterocycles. The lowest BCUT2D eigenvalue weighted by atomic mass is 10.8. The van der Waals surface area contributed by atoms with Gasteiger partial charge in [0, 0.05) is 5.92 Å². The van der Waals surface area contributed by atoms with E-state index in [2.05, 4.69) is 19.3 Å². The molecule has 1 nitrogen and oxygen atoms in total. The largest absolute Gasteiger partial charge is 0.183 e. The summed E-state index contributed by atoms with van der Waals surface area (Å²) in [6, 6.07) is 1.46. The summed E-state index contributed by atoms with van der Waals surface area (Å²) < 4.78 is 0. The molecular weight excluding hydrogens is 74.1 g/mol. The highest BCUT2D eigenvalue weighted by atomic mass is 14.2. The van der Waals surface area contributed by atoms with E-state index in [-0.39, 0.29) is 0 Å². The van der Waals surface area contributed by atoms with Gasteiger partial charge in [-0.1, -0.05) is 0 Å². The highest BCUT2D eigenvalue weighted by Crippen LogP contribution is 1.27. The van der Waals surface area contributed by atoms with Gasteiger partial charge in [-0.2, -0.15) is 5.26 Å². The number of rotatable bonds is 0. The third-order valence-corrected chi connectivity index (χ3v) is 0.0645. The molecule has 0 atom stereocenters. The molecule has 6 heavy (non-hydrogen) atoms. The van der Waals surface area contributed by atoms with E-state index in [1.807, 2.05) is 0 Å². The monoisotopic (exact) mass is 77.0 g/mol. The van der Waals surface area contributed by atoms with Gasteiger partial charge >= 0.3 is 0 Å². The maximum absolute atomic E-state index is 7.39. The maximum Gasteiger partial charge on any atom is 0.152 e. The molecule has 0 fully saturated rings. The van der Waals surface area contributed by atoms with Crippen molar-refractivity contribution in [1.29, 1.82) is 5.26 Å². The highest BCUT2D eigenvalue weighted by Gasteiger charge is 1.31. The first-order valence-corrected chi connectivity index (χ1v) is 1.10. The van der Waals surface area contributed by atoms with E-state index in [1.165, 1.54) is 6.07 Å². The van der Waals surface area contributed by atoms with E-state index < -0.39 is 0 Å². The molecule has 0 aromatic heterocycles. The van der Waals surface area contributed by atoms with Gasteiger partial charge in [0.25, 0.3) is 0 Å². The van der Waals surface area contributed by atoms with Crippen molar-refractivity contribution < 1.29 is 0 Å². The molecule has 0 N–H and O–H groups in total. The van der Waals surface area contributed by atoms with E-state index >= 15 is 0 Å². The fourth-order valence-corrected chi connectivity index (χ4v) is 0. The van der Waals surface area contributed by atoms with Crippen molar-refractivity contribution >= 4 is 0 Å². The Hall–Kier alpha value is -1.39. The summed E-state index contributed by atoms with van der Waals surface area (Å²) in [6.45, 7) is 0. The van der Waals surface area contributed by atoms with Crippen LogP contribution in [0.15, 0.2) is 0 Å². The van der Waals surface area contributed by atoms with E-state index in [4.69, 9.17) is 5.26 Å². The summed E-state index contributed by atoms with van der Waals surface area (Å²) in [6.07, 6.45) is 12.4. The fraction of sp³-hybridized carbons (Fsp3) is 0. The topological polar surface area (TPSA) is 23.8 Å². The van der Waals surface area contributed by atoms with Gasteiger partial charge in [-0.05, 0) is 0 Å². The van der Waals surface area contributed by atoms with Crippen LogP contribution in [0.5, 0.6) is 0 Å². The van der Waals surface area contributed by atoms with Crippen LogP contribution in [-0.2, 0) is 0 Å². The first kappa shape index (κ1) is 8.82. The van der Waals surface area contributed by atoms with Crippen LogP contribution in [-0.4, -0.2) is 0 Å². The summed E-state index contributed by atoms with van der Waals surface area (Å²) in [4.78, 5) is 0. The van der Waals surface area contributed by atoms with Crippen LogP contribution < -0.4 is 0 Å². The van der Waals surface area contributed by atoms with Crippen molar-refractivity contribution in [2.75, 3.05) is 0 Å². The Labute approximate surface area is 37.6 Å². The number of hydrogen-bond donors (Lipinski definition) is 0. The zero-order valence-electron chi connectivity index (χ0n) is 3.18. The van der Waals surface area contributed by atoms with Crippen molar-refractivity contribution in [3.05, 3.63) is 0 Å². The van der Waals surface area contributed by atoms with Crippen molar-refractivity contribution in [1.82, 2.24) is 0 Å². The Morgan fingerprint density at radius 3 is 1.50 bits per heavy atom. The van der Waals surface area contributed by atoms with Crippen molar-refractivity contribution in [2.45, 2.75) is 0 Å². The zero-order chi connectivity index (χ0) is 5.41. The lowest BCUT2D eigenvalue weighted by Gasteiger charge is -1.23. The van der Waals surface area contributed by atoms with E-state index in [9.17, 15) is 0 Å². The molecule has 0 aliphatic carbocycles. The van der Waals surface area contributed by atoms with Gasteiger partial charge in [0.15, 0.2) is 6.07 Å². The van der Waals surface area contributed by atoms with Crippen LogP contribution in [0.3, 0.4) is 0 Å². The second kappa shape index (κ2) is 66.1. The molecular formula is C5H3N. The standard InChI is InChI=1S/C3HN.C2H2/c1-2-3-4;1-2/h1H;1-2H. The Morgan fingerprint density at radius 2 is 1.50 bits per heavy atom. The van der Waals surface area contributed by atoms with Gasteiger partial charge in [0.05, 0.1) is 0 Å². The number of hydrogen-bond acceptors (Lipinski definition) is 1. The number of nitriles is 1. The molecule has 0 rings (SSSR count). The molecule has 0 aromatic rings. The van der Waals surface area contributed by atoms with Crippen LogP contribution in [0.1, 0.15) is 0 Å². The molecule has 1 heteroatoms. The van der Waals surface area contributed by atoms with Gasteiger partial charge in [-0.15, -0.1) is 19.3 Å². The minimum atomic E-state index is 1.46. The molecule has 0 aromatic carbocycles. The Kier molecular flexibility index (Phi) is 97.1. The van der Waals surface area contributed by atoms with E-state index in [0.717, 1.165) is 0 Å². The lowest BCUT2D eigenvalue weighted by Crippen LogP contribution is -1.26. The summed E-state index contributed by atoms with van der Waals surface area (Å²) in [7, 11) is 0. The minimum Gasteiger partial charge on any atom is -0.183 e. The molecule has 0 amide bonds. The first-order valence-electron chi connectivity index (χ1n) is 1.10. The first-order chi connectivity index (χ1) is 2.91. The fourth-order valence-electron chi connectivity index (χ4n) is 0. The van der Waals surface area contributed by atoms with Crippen LogP contribution >= 0.6 is 0 Å². The minimum absolute atomic E-state index is 1.46. The number of nitrogens with zero attached hydrogens (tertiary/aromatic N) is 1. The van der Waals surface area contributed by atoms with Gasteiger partial charge in [0.2, 0.25) is 0 Å².